The van der Waals surface area contributed by atoms with Crippen molar-refractivity contribution in [3.63, 3.8) is 0 Å². The minimum atomic E-state index is -3.46. The maximum Gasteiger partial charge on any atom is 0.306 e. The molecule has 0 spiro atoms. The number of carbonyl (C=O) groups is 1. The highest BCUT2D eigenvalue weighted by molar-refractivity contribution is 7.87. The molecule has 0 aromatic rings. The third-order valence-corrected chi connectivity index (χ3v) is 5.10. The number of rotatable bonds is 8. The first-order valence-corrected chi connectivity index (χ1v) is 8.35. The van der Waals surface area contributed by atoms with Gasteiger partial charge >= 0.3 is 5.97 Å². The zero-order valence-electron chi connectivity index (χ0n) is 12.0. The van der Waals surface area contributed by atoms with E-state index in [-0.39, 0.29) is 6.04 Å². The summed E-state index contributed by atoms with van der Waals surface area (Å²) in [6.07, 6.45) is 1.86. The summed E-state index contributed by atoms with van der Waals surface area (Å²) >= 11 is 0. The summed E-state index contributed by atoms with van der Waals surface area (Å²) < 4.78 is 33.3. The molecule has 8 heteroatoms. The van der Waals surface area contributed by atoms with Crippen molar-refractivity contribution < 1.29 is 23.1 Å². The molecule has 1 heterocycles. The summed E-state index contributed by atoms with van der Waals surface area (Å²) in [7, 11) is -3.46. The second-order valence-corrected chi connectivity index (χ2v) is 6.91. The lowest BCUT2D eigenvalue weighted by Gasteiger charge is -2.27. The van der Waals surface area contributed by atoms with E-state index < -0.39 is 22.1 Å². The molecule has 1 aliphatic rings. The van der Waals surface area contributed by atoms with E-state index in [0.717, 1.165) is 0 Å². The summed E-state index contributed by atoms with van der Waals surface area (Å²) in [5.74, 6) is -1.20. The van der Waals surface area contributed by atoms with E-state index >= 15 is 0 Å². The maximum atomic E-state index is 12.1. The third kappa shape index (κ3) is 5.74. The highest BCUT2D eigenvalue weighted by Gasteiger charge is 2.25. The maximum absolute atomic E-state index is 12.1. The minimum absolute atomic E-state index is 0.205. The fraction of sp³-hybridized carbons (Fsp3) is 0.917. The number of carboxylic acid groups (broad SMARTS) is 1. The number of carboxylic acids is 1. The largest absolute Gasteiger partial charge is 0.481 e. The minimum Gasteiger partial charge on any atom is -0.481 e. The van der Waals surface area contributed by atoms with Gasteiger partial charge in [-0.3, -0.25) is 4.79 Å². The normalized spacial score (nSPS) is 20.5. The van der Waals surface area contributed by atoms with Crippen LogP contribution in [-0.2, 0) is 19.7 Å². The summed E-state index contributed by atoms with van der Waals surface area (Å²) in [6.45, 7) is 5.04. The number of nitrogens with one attached hydrogen (secondary N) is 1. The van der Waals surface area contributed by atoms with Crippen LogP contribution in [-0.4, -0.2) is 56.1 Å². The molecule has 7 nitrogen and oxygen atoms in total. The molecule has 0 saturated carbocycles. The van der Waals surface area contributed by atoms with Gasteiger partial charge in [0.05, 0.1) is 19.1 Å². The molecule has 118 valence electrons. The molecule has 0 radical (unpaired) electrons. The van der Waals surface area contributed by atoms with Gasteiger partial charge in [0.15, 0.2) is 0 Å². The first-order chi connectivity index (χ1) is 9.33. The van der Waals surface area contributed by atoms with Crippen LogP contribution in [0.5, 0.6) is 0 Å². The van der Waals surface area contributed by atoms with Gasteiger partial charge in [0.2, 0.25) is 0 Å². The van der Waals surface area contributed by atoms with Crippen LogP contribution in [0.25, 0.3) is 0 Å². The van der Waals surface area contributed by atoms with E-state index in [0.29, 0.717) is 45.6 Å². The fourth-order valence-electron chi connectivity index (χ4n) is 2.03. The van der Waals surface area contributed by atoms with E-state index in [9.17, 15) is 13.2 Å². The number of nitrogens with zero attached hydrogens (tertiary/aromatic N) is 1. The van der Waals surface area contributed by atoms with Crippen LogP contribution in [0.3, 0.4) is 0 Å². The highest BCUT2D eigenvalue weighted by Crippen LogP contribution is 2.11. The molecule has 0 amide bonds. The number of ether oxygens (including phenoxy) is 1. The van der Waals surface area contributed by atoms with E-state index in [2.05, 4.69) is 4.72 Å². The van der Waals surface area contributed by atoms with Crippen LogP contribution >= 0.6 is 0 Å². The Hall–Kier alpha value is -0.700. The van der Waals surface area contributed by atoms with Gasteiger partial charge < -0.3 is 9.84 Å². The van der Waals surface area contributed by atoms with Crippen LogP contribution in [0.4, 0.5) is 0 Å². The zero-order chi connectivity index (χ0) is 15.2. The van der Waals surface area contributed by atoms with E-state index in [1.165, 1.54) is 4.31 Å². The topological polar surface area (TPSA) is 95.9 Å². The number of aliphatic carboxylic acids is 1. The van der Waals surface area contributed by atoms with Crippen molar-refractivity contribution >= 4 is 16.2 Å². The lowest BCUT2D eigenvalue weighted by atomic mass is 10.0. The molecule has 20 heavy (non-hydrogen) atoms. The smallest absolute Gasteiger partial charge is 0.306 e. The molecule has 2 N–H and O–H groups in total. The molecule has 1 fully saturated rings. The summed E-state index contributed by atoms with van der Waals surface area (Å²) in [4.78, 5) is 10.7. The molecular weight excluding hydrogens is 284 g/mol. The molecule has 1 saturated heterocycles. The van der Waals surface area contributed by atoms with Crippen LogP contribution in [0, 0.1) is 5.92 Å². The molecule has 1 rings (SSSR count). The SMILES string of the molecule is CC(CCCC(C)C(=O)O)NS(=O)(=O)N1CCOCC1. The fourth-order valence-corrected chi connectivity index (χ4v) is 3.43. The molecule has 0 bridgehead atoms. The van der Waals surface area contributed by atoms with Gasteiger partial charge in [0.1, 0.15) is 0 Å². The lowest BCUT2D eigenvalue weighted by Crippen LogP contribution is -2.48. The second-order valence-electron chi connectivity index (χ2n) is 5.21. The lowest BCUT2D eigenvalue weighted by molar-refractivity contribution is -0.141. The Morgan fingerprint density at radius 3 is 2.45 bits per heavy atom. The van der Waals surface area contributed by atoms with Gasteiger partial charge in [-0.15, -0.1) is 0 Å². The van der Waals surface area contributed by atoms with Crippen molar-refractivity contribution in [3.8, 4) is 0 Å². The van der Waals surface area contributed by atoms with Gasteiger partial charge in [0, 0.05) is 19.1 Å². The van der Waals surface area contributed by atoms with E-state index in [1.807, 2.05) is 0 Å². The Balaban J connectivity index is 2.33. The molecular formula is C12H24N2O5S. The van der Waals surface area contributed by atoms with E-state index in [4.69, 9.17) is 9.84 Å². The van der Waals surface area contributed by atoms with Crippen molar-refractivity contribution in [3.05, 3.63) is 0 Å². The molecule has 0 aromatic carbocycles. The first kappa shape index (κ1) is 17.4. The first-order valence-electron chi connectivity index (χ1n) is 6.91. The number of hydrogen-bond acceptors (Lipinski definition) is 4. The monoisotopic (exact) mass is 308 g/mol. The predicted molar refractivity (Wildman–Crippen MR) is 74.6 cm³/mol. The van der Waals surface area contributed by atoms with Crippen LogP contribution < -0.4 is 4.72 Å². The highest BCUT2D eigenvalue weighted by atomic mass is 32.2. The van der Waals surface area contributed by atoms with Crippen LogP contribution in [0.1, 0.15) is 33.1 Å². The quantitative estimate of drug-likeness (QED) is 0.678. The van der Waals surface area contributed by atoms with Crippen LogP contribution in [0.15, 0.2) is 0 Å². The van der Waals surface area contributed by atoms with Crippen molar-refractivity contribution in [2.45, 2.75) is 39.2 Å². The van der Waals surface area contributed by atoms with Gasteiger partial charge in [-0.25, -0.2) is 0 Å². The molecule has 2 atom stereocenters. The number of morpholine rings is 1. The molecule has 1 aliphatic heterocycles. The average molecular weight is 308 g/mol. The second kappa shape index (κ2) is 7.92. The van der Waals surface area contributed by atoms with Crippen molar-refractivity contribution in [2.24, 2.45) is 5.92 Å². The van der Waals surface area contributed by atoms with Gasteiger partial charge in [-0.05, 0) is 19.8 Å². The summed E-state index contributed by atoms with van der Waals surface area (Å²) in [5, 5.41) is 8.77. The van der Waals surface area contributed by atoms with Crippen molar-refractivity contribution in [1.29, 1.82) is 0 Å². The standard InChI is InChI=1S/C12H24N2O5S/c1-10(12(15)16)4-3-5-11(2)13-20(17,18)14-6-8-19-9-7-14/h10-11,13H,3-9H2,1-2H3,(H,15,16). The van der Waals surface area contributed by atoms with Gasteiger partial charge in [0.25, 0.3) is 10.2 Å². The number of hydrogen-bond donors (Lipinski definition) is 2. The Kier molecular flexibility index (Phi) is 6.87. The predicted octanol–water partition coefficient (Wildman–Crippen LogP) is 0.433. The summed E-state index contributed by atoms with van der Waals surface area (Å²) in [6, 6.07) is -0.205. The summed E-state index contributed by atoms with van der Waals surface area (Å²) in [5.41, 5.74) is 0. The Bertz CT molecular complexity index is 406. The van der Waals surface area contributed by atoms with Gasteiger partial charge in [-0.2, -0.15) is 17.4 Å². The zero-order valence-corrected chi connectivity index (χ0v) is 12.9. The Morgan fingerprint density at radius 1 is 1.30 bits per heavy atom. The Morgan fingerprint density at radius 2 is 1.90 bits per heavy atom. The third-order valence-electron chi connectivity index (χ3n) is 3.36. The van der Waals surface area contributed by atoms with Crippen LogP contribution in [0.2, 0.25) is 0 Å². The molecule has 2 unspecified atom stereocenters. The van der Waals surface area contributed by atoms with Crippen molar-refractivity contribution in [2.75, 3.05) is 26.3 Å². The molecule has 0 aromatic heterocycles. The van der Waals surface area contributed by atoms with Crippen molar-refractivity contribution in [1.82, 2.24) is 9.03 Å². The molecule has 0 aliphatic carbocycles. The average Bonchev–Trinajstić information content (AvgIpc) is 2.39. The van der Waals surface area contributed by atoms with E-state index in [1.54, 1.807) is 13.8 Å². The van der Waals surface area contributed by atoms with Gasteiger partial charge in [-0.1, -0.05) is 13.3 Å². The Labute approximate surface area is 120 Å².